The van der Waals surface area contributed by atoms with Crippen molar-refractivity contribution >= 4 is 63.3 Å². The first-order valence-corrected chi connectivity index (χ1v) is 13.9. The molecule has 1 amide bonds. The number of hydrogen-bond acceptors (Lipinski definition) is 8. The number of anilines is 1. The fourth-order valence-corrected chi connectivity index (χ4v) is 5.80. The number of thiophene rings is 1. The Bertz CT molecular complexity index is 1500. The van der Waals surface area contributed by atoms with Crippen LogP contribution < -0.4 is 10.7 Å². The highest BCUT2D eigenvalue weighted by atomic mass is 32.2. The number of thiocarbonyl (C=S) groups is 1. The van der Waals surface area contributed by atoms with E-state index in [4.69, 9.17) is 17.3 Å². The fourth-order valence-electron chi connectivity index (χ4n) is 3.67. The molecule has 42 heavy (non-hydrogen) atoms. The molecule has 0 aliphatic carbocycles. The molecule has 4 rings (SSSR count). The van der Waals surface area contributed by atoms with E-state index in [1.165, 1.54) is 41.8 Å². The maximum Gasteiger partial charge on any atom is 0.416 e. The van der Waals surface area contributed by atoms with Gasteiger partial charge in [0.15, 0.2) is 4.32 Å². The van der Waals surface area contributed by atoms with E-state index in [0.717, 1.165) is 28.1 Å². The summed E-state index contributed by atoms with van der Waals surface area (Å²) in [6.45, 7) is -0.0201. The molecule has 1 fully saturated rings. The van der Waals surface area contributed by atoms with Crippen LogP contribution in [0.5, 0.6) is 0 Å². The number of carbonyl (C=O) groups excluding carboxylic acids is 1. The summed E-state index contributed by atoms with van der Waals surface area (Å²) in [6, 6.07) is 8.57. The van der Waals surface area contributed by atoms with Crippen molar-refractivity contribution in [3.63, 3.8) is 0 Å². The summed E-state index contributed by atoms with van der Waals surface area (Å²) in [7, 11) is 0. The van der Waals surface area contributed by atoms with Crippen molar-refractivity contribution in [3.8, 4) is 11.1 Å². The lowest BCUT2D eigenvalue weighted by Crippen LogP contribution is -2.46. The number of nitrogens with one attached hydrogen (secondary N) is 2. The van der Waals surface area contributed by atoms with E-state index in [9.17, 15) is 41.0 Å². The van der Waals surface area contributed by atoms with Gasteiger partial charge in [0.25, 0.3) is 5.91 Å². The summed E-state index contributed by atoms with van der Waals surface area (Å²) in [5, 5.41) is 24.6. The average Bonchev–Trinajstić information content (AvgIpc) is 3.49. The third-order valence-electron chi connectivity index (χ3n) is 5.77. The number of alkyl halides is 6. The van der Waals surface area contributed by atoms with Crippen molar-refractivity contribution in [2.75, 3.05) is 18.4 Å². The predicted molar refractivity (Wildman–Crippen MR) is 151 cm³/mol. The molecule has 1 aliphatic rings. The van der Waals surface area contributed by atoms with Crippen LogP contribution in [0.4, 0.5) is 32.0 Å². The van der Waals surface area contributed by atoms with Crippen LogP contribution >= 0.6 is 35.3 Å². The van der Waals surface area contributed by atoms with Crippen LogP contribution in [0.25, 0.3) is 17.2 Å². The third-order valence-corrected chi connectivity index (χ3v) is 7.95. The first-order chi connectivity index (χ1) is 19.6. The number of carboxylic acids is 1. The standard InChI is InChI=1S/C26H19F6N3O4S3/c27-25(28,29)16-5-14(6-17(8-16)26(30,31)32)15-7-20(41-12-15)9-21-22(37)35(24(40)42-21)34-11-19(36)10-33-18-3-1-13(2-4-18)23(38)39/h1-9,12,19,33-34,36H,10-11H2,(H,38,39). The van der Waals surface area contributed by atoms with Crippen LogP contribution in [0.3, 0.4) is 0 Å². The van der Waals surface area contributed by atoms with Crippen LogP contribution in [0.15, 0.2) is 58.8 Å². The molecule has 0 saturated carbocycles. The monoisotopic (exact) mass is 647 g/mol. The lowest BCUT2D eigenvalue weighted by atomic mass is 10.0. The van der Waals surface area contributed by atoms with Crippen LogP contribution in [-0.4, -0.2) is 50.6 Å². The van der Waals surface area contributed by atoms with Crippen molar-refractivity contribution in [3.05, 3.63) is 80.4 Å². The lowest BCUT2D eigenvalue weighted by molar-refractivity contribution is -0.143. The van der Waals surface area contributed by atoms with E-state index in [-0.39, 0.29) is 45.1 Å². The Hall–Kier alpha value is -3.44. The lowest BCUT2D eigenvalue weighted by Gasteiger charge is -2.19. The average molecular weight is 648 g/mol. The number of carboxylic acid groups (broad SMARTS) is 1. The molecule has 0 bridgehead atoms. The second-order valence-corrected chi connectivity index (χ2v) is 11.4. The summed E-state index contributed by atoms with van der Waals surface area (Å²) >= 11 is 7.18. The van der Waals surface area contributed by atoms with Crippen LogP contribution in [-0.2, 0) is 17.1 Å². The van der Waals surface area contributed by atoms with Gasteiger partial charge in [0.05, 0.1) is 27.7 Å². The number of rotatable bonds is 9. The van der Waals surface area contributed by atoms with E-state index >= 15 is 0 Å². The van der Waals surface area contributed by atoms with Crippen molar-refractivity contribution < 1.29 is 46.1 Å². The smallest absolute Gasteiger partial charge is 0.416 e. The maximum absolute atomic E-state index is 13.2. The number of hydrogen-bond donors (Lipinski definition) is 4. The van der Waals surface area contributed by atoms with E-state index < -0.39 is 41.5 Å². The molecule has 2 heterocycles. The van der Waals surface area contributed by atoms with E-state index in [2.05, 4.69) is 10.7 Å². The van der Waals surface area contributed by atoms with Crippen LogP contribution in [0.2, 0.25) is 0 Å². The van der Waals surface area contributed by atoms with Gasteiger partial charge in [-0.2, -0.15) is 26.3 Å². The highest BCUT2D eigenvalue weighted by Gasteiger charge is 2.37. The van der Waals surface area contributed by atoms with E-state index in [1.807, 2.05) is 0 Å². The molecule has 16 heteroatoms. The van der Waals surface area contributed by atoms with Gasteiger partial charge in [-0.3, -0.25) is 4.79 Å². The molecular formula is C26H19F6N3O4S3. The minimum absolute atomic E-state index is 0.0562. The Labute approximate surface area is 247 Å². The number of carbonyl (C=O) groups is 2. The third kappa shape index (κ3) is 7.69. The second kappa shape index (κ2) is 12.4. The number of hydrazine groups is 1. The number of benzene rings is 2. The SMILES string of the molecule is O=C(O)c1ccc(NCC(O)CNN2C(=O)C(=Cc3cc(-c4cc(C(F)(F)F)cc(C(F)(F)F)c4)cs3)SC2=S)cc1. The topological polar surface area (TPSA) is 102 Å². The van der Waals surface area contributed by atoms with Gasteiger partial charge in [-0.1, -0.05) is 24.0 Å². The molecule has 222 valence electrons. The van der Waals surface area contributed by atoms with Gasteiger partial charge in [0.2, 0.25) is 0 Å². The van der Waals surface area contributed by atoms with Crippen molar-refractivity contribution in [1.29, 1.82) is 0 Å². The summed E-state index contributed by atoms with van der Waals surface area (Å²) in [4.78, 5) is 24.4. The Morgan fingerprint density at radius 1 is 0.976 bits per heavy atom. The number of aliphatic hydroxyl groups excluding tert-OH is 1. The number of thioether (sulfide) groups is 1. The molecule has 4 N–H and O–H groups in total. The molecule has 0 spiro atoms. The van der Waals surface area contributed by atoms with Gasteiger partial charge in [-0.05, 0) is 71.1 Å². The molecule has 7 nitrogen and oxygen atoms in total. The zero-order valence-corrected chi connectivity index (χ0v) is 23.4. The summed E-state index contributed by atoms with van der Waals surface area (Å²) < 4.78 is 79.6. The number of nitrogens with zero attached hydrogens (tertiary/aromatic N) is 1. The number of aromatic carboxylic acids is 1. The van der Waals surface area contributed by atoms with Crippen molar-refractivity contribution in [1.82, 2.24) is 10.4 Å². The zero-order valence-electron chi connectivity index (χ0n) is 20.9. The summed E-state index contributed by atoms with van der Waals surface area (Å²) in [6.07, 6.45) is -9.52. The van der Waals surface area contributed by atoms with E-state index in [0.29, 0.717) is 22.7 Å². The first kappa shape index (κ1) is 31.5. The Morgan fingerprint density at radius 3 is 2.17 bits per heavy atom. The van der Waals surface area contributed by atoms with Gasteiger partial charge in [0, 0.05) is 23.7 Å². The van der Waals surface area contributed by atoms with Crippen LogP contribution in [0.1, 0.15) is 26.4 Å². The summed E-state index contributed by atoms with van der Waals surface area (Å²) in [5.41, 5.74) is 0.391. The van der Waals surface area contributed by atoms with Crippen LogP contribution in [0, 0.1) is 0 Å². The highest BCUT2D eigenvalue weighted by Crippen LogP contribution is 2.40. The van der Waals surface area contributed by atoms with Crippen molar-refractivity contribution in [2.45, 2.75) is 18.5 Å². The fraction of sp³-hybridized carbons (Fsp3) is 0.192. The van der Waals surface area contributed by atoms with Gasteiger partial charge >= 0.3 is 18.3 Å². The molecule has 3 aromatic rings. The molecule has 1 aromatic heterocycles. The van der Waals surface area contributed by atoms with Gasteiger partial charge < -0.3 is 15.5 Å². The normalized spacial score (nSPS) is 15.9. The maximum atomic E-state index is 13.2. The Balaban J connectivity index is 1.40. The molecule has 1 saturated heterocycles. The Morgan fingerprint density at radius 2 is 1.60 bits per heavy atom. The highest BCUT2D eigenvalue weighted by molar-refractivity contribution is 8.26. The minimum atomic E-state index is -4.98. The number of aliphatic hydroxyl groups is 1. The molecule has 2 aromatic carbocycles. The number of amides is 1. The zero-order chi connectivity index (χ0) is 30.8. The number of halogens is 6. The van der Waals surface area contributed by atoms with Crippen molar-refractivity contribution in [2.24, 2.45) is 0 Å². The first-order valence-electron chi connectivity index (χ1n) is 11.8. The second-order valence-electron chi connectivity index (χ2n) is 8.83. The summed E-state index contributed by atoms with van der Waals surface area (Å²) in [5.74, 6) is -1.62. The largest absolute Gasteiger partial charge is 0.478 e. The molecule has 1 unspecified atom stereocenters. The minimum Gasteiger partial charge on any atom is -0.478 e. The quantitative estimate of drug-likeness (QED) is 0.122. The predicted octanol–water partition coefficient (Wildman–Crippen LogP) is 6.33. The Kier molecular flexibility index (Phi) is 9.32. The molecule has 1 aliphatic heterocycles. The molecule has 0 radical (unpaired) electrons. The molecular weight excluding hydrogens is 628 g/mol. The van der Waals surface area contributed by atoms with Gasteiger partial charge in [0.1, 0.15) is 0 Å². The van der Waals surface area contributed by atoms with Gasteiger partial charge in [-0.25, -0.2) is 15.2 Å². The van der Waals surface area contributed by atoms with E-state index in [1.54, 1.807) is 0 Å². The molecule has 1 atom stereocenters. The van der Waals surface area contributed by atoms with Gasteiger partial charge in [-0.15, -0.1) is 11.3 Å².